The molecule has 0 aliphatic heterocycles. The molecule has 0 saturated carbocycles. The van der Waals surface area contributed by atoms with Crippen molar-refractivity contribution >= 4 is 12.1 Å². The predicted octanol–water partition coefficient (Wildman–Crippen LogP) is 2.79. The smallest absolute Gasteiger partial charge is 0.266 e. The van der Waals surface area contributed by atoms with Crippen molar-refractivity contribution in [3.63, 3.8) is 0 Å². The molecule has 3 aromatic rings. The van der Waals surface area contributed by atoms with E-state index in [1.54, 1.807) is 12.1 Å². The average Bonchev–Trinajstić information content (AvgIpc) is 2.71. The van der Waals surface area contributed by atoms with E-state index in [0.717, 1.165) is 21.4 Å². The fraction of sp³-hybridized carbons (Fsp3) is 0.136. The van der Waals surface area contributed by atoms with Gasteiger partial charge in [0.25, 0.3) is 11.5 Å². The van der Waals surface area contributed by atoms with Crippen LogP contribution in [-0.4, -0.2) is 21.9 Å². The van der Waals surface area contributed by atoms with Gasteiger partial charge in [-0.25, -0.2) is 5.43 Å². The summed E-state index contributed by atoms with van der Waals surface area (Å²) in [5.41, 5.74) is 5.29. The van der Waals surface area contributed by atoms with E-state index in [0.29, 0.717) is 5.69 Å². The van der Waals surface area contributed by atoms with Crippen molar-refractivity contribution in [3.8, 4) is 11.8 Å². The first kappa shape index (κ1) is 19.7. The van der Waals surface area contributed by atoms with Gasteiger partial charge in [0.2, 0.25) is 0 Å². The molecule has 0 aliphatic carbocycles. The van der Waals surface area contributed by atoms with Crippen LogP contribution in [0.2, 0.25) is 0 Å². The summed E-state index contributed by atoms with van der Waals surface area (Å²) < 4.78 is 1.06. The minimum Gasteiger partial charge on any atom is -0.266 e. The lowest BCUT2D eigenvalue weighted by Gasteiger charge is -2.10. The minimum atomic E-state index is -0.608. The number of carbonyl (C=O) groups is 1. The Labute approximate surface area is 167 Å². The summed E-state index contributed by atoms with van der Waals surface area (Å²) in [4.78, 5) is 25.2. The molecule has 0 bridgehead atoms. The van der Waals surface area contributed by atoms with E-state index in [4.69, 9.17) is 0 Å². The molecule has 1 amide bonds. The van der Waals surface area contributed by atoms with E-state index in [2.05, 4.69) is 15.6 Å². The number of hydrogen-bond donors (Lipinski definition) is 1. The standard InChI is InChI=1S/C22H19N5O2/c1-14-4-8-17(9-5-14)13-24-25-21(28)20-16(3)19(12-23)22(29)27(26-20)18-10-6-15(2)7-11-18/h4-11,13H,1-3H3,(H,25,28)/b24-13+. The summed E-state index contributed by atoms with van der Waals surface area (Å²) in [6.07, 6.45) is 1.51. The summed E-state index contributed by atoms with van der Waals surface area (Å²) >= 11 is 0. The number of aryl methyl sites for hydroxylation is 2. The van der Waals surface area contributed by atoms with E-state index < -0.39 is 11.5 Å². The summed E-state index contributed by atoms with van der Waals surface area (Å²) in [6, 6.07) is 16.6. The number of nitriles is 1. The molecule has 1 N–H and O–H groups in total. The van der Waals surface area contributed by atoms with Gasteiger partial charge in [0, 0.05) is 5.56 Å². The van der Waals surface area contributed by atoms with Gasteiger partial charge in [-0.3, -0.25) is 9.59 Å². The lowest BCUT2D eigenvalue weighted by molar-refractivity contribution is 0.0947. The van der Waals surface area contributed by atoms with Gasteiger partial charge in [-0.1, -0.05) is 47.5 Å². The second-order valence-electron chi connectivity index (χ2n) is 6.62. The average molecular weight is 385 g/mol. The Bertz CT molecular complexity index is 1180. The third-order valence-corrected chi connectivity index (χ3v) is 4.40. The predicted molar refractivity (Wildman–Crippen MR) is 110 cm³/mol. The first-order chi connectivity index (χ1) is 13.9. The number of benzene rings is 2. The lowest BCUT2D eigenvalue weighted by Crippen LogP contribution is -2.31. The molecule has 0 saturated heterocycles. The highest BCUT2D eigenvalue weighted by atomic mass is 16.2. The fourth-order valence-corrected chi connectivity index (χ4v) is 2.68. The summed E-state index contributed by atoms with van der Waals surface area (Å²) in [6.45, 7) is 5.42. The van der Waals surface area contributed by atoms with Gasteiger partial charge < -0.3 is 0 Å². The van der Waals surface area contributed by atoms with Crippen LogP contribution in [0, 0.1) is 32.1 Å². The Hall–Kier alpha value is -4.05. The second kappa shape index (κ2) is 8.31. The molecule has 0 radical (unpaired) electrons. The molecule has 0 aliphatic rings. The van der Waals surface area contributed by atoms with Crippen LogP contribution in [0.5, 0.6) is 0 Å². The molecule has 0 unspecified atom stereocenters. The van der Waals surface area contributed by atoms with Crippen LogP contribution in [0.1, 0.15) is 38.3 Å². The minimum absolute atomic E-state index is 0.0391. The zero-order chi connectivity index (χ0) is 21.0. The number of hydrogen-bond acceptors (Lipinski definition) is 5. The highest BCUT2D eigenvalue weighted by molar-refractivity contribution is 5.94. The van der Waals surface area contributed by atoms with Crippen molar-refractivity contribution in [2.75, 3.05) is 0 Å². The third-order valence-electron chi connectivity index (χ3n) is 4.40. The van der Waals surface area contributed by atoms with E-state index >= 15 is 0 Å². The van der Waals surface area contributed by atoms with Crippen LogP contribution >= 0.6 is 0 Å². The van der Waals surface area contributed by atoms with Crippen LogP contribution in [0.25, 0.3) is 5.69 Å². The Kier molecular flexibility index (Phi) is 5.65. The first-order valence-electron chi connectivity index (χ1n) is 8.92. The highest BCUT2D eigenvalue weighted by Crippen LogP contribution is 2.11. The second-order valence-corrected chi connectivity index (χ2v) is 6.62. The van der Waals surface area contributed by atoms with E-state index in [9.17, 15) is 14.9 Å². The summed E-state index contributed by atoms with van der Waals surface area (Å²) in [7, 11) is 0. The van der Waals surface area contributed by atoms with Gasteiger partial charge in [0.05, 0.1) is 11.9 Å². The Balaban J connectivity index is 1.95. The normalized spacial score (nSPS) is 10.7. The van der Waals surface area contributed by atoms with Gasteiger partial charge in [-0.05, 0) is 38.5 Å². The molecular weight excluding hydrogens is 366 g/mol. The molecule has 2 aromatic carbocycles. The molecule has 0 atom stereocenters. The molecule has 29 heavy (non-hydrogen) atoms. The van der Waals surface area contributed by atoms with Crippen molar-refractivity contribution < 1.29 is 4.79 Å². The van der Waals surface area contributed by atoms with Gasteiger partial charge in [-0.2, -0.15) is 20.1 Å². The van der Waals surface area contributed by atoms with Crippen molar-refractivity contribution in [3.05, 3.63) is 92.4 Å². The topological polar surface area (TPSA) is 100 Å². The quantitative estimate of drug-likeness (QED) is 0.551. The SMILES string of the molecule is Cc1ccc(/C=N/NC(=O)c2nn(-c3ccc(C)cc3)c(=O)c(C#N)c2C)cc1. The molecule has 7 nitrogen and oxygen atoms in total. The Morgan fingerprint density at radius 2 is 1.66 bits per heavy atom. The molecule has 1 aromatic heterocycles. The number of hydrazone groups is 1. The summed E-state index contributed by atoms with van der Waals surface area (Å²) in [5, 5.41) is 17.5. The molecule has 1 heterocycles. The Morgan fingerprint density at radius 1 is 1.07 bits per heavy atom. The van der Waals surface area contributed by atoms with Gasteiger partial charge in [0.1, 0.15) is 11.6 Å². The maximum atomic E-state index is 12.6. The largest absolute Gasteiger partial charge is 0.292 e. The third kappa shape index (κ3) is 4.28. The van der Waals surface area contributed by atoms with Crippen molar-refractivity contribution in [2.24, 2.45) is 5.10 Å². The fourth-order valence-electron chi connectivity index (χ4n) is 2.68. The molecule has 0 spiro atoms. The van der Waals surface area contributed by atoms with Crippen LogP contribution in [-0.2, 0) is 0 Å². The van der Waals surface area contributed by atoms with Gasteiger partial charge >= 0.3 is 0 Å². The zero-order valence-electron chi connectivity index (χ0n) is 16.3. The number of amides is 1. The zero-order valence-corrected chi connectivity index (χ0v) is 16.3. The van der Waals surface area contributed by atoms with Crippen LogP contribution in [0.3, 0.4) is 0 Å². The molecular formula is C22H19N5O2. The van der Waals surface area contributed by atoms with E-state index in [1.807, 2.05) is 56.3 Å². The maximum Gasteiger partial charge on any atom is 0.292 e. The van der Waals surface area contributed by atoms with E-state index in [-0.39, 0.29) is 16.8 Å². The van der Waals surface area contributed by atoms with Crippen molar-refractivity contribution in [2.45, 2.75) is 20.8 Å². The van der Waals surface area contributed by atoms with Crippen LogP contribution < -0.4 is 11.0 Å². The molecule has 0 fully saturated rings. The number of rotatable bonds is 4. The molecule has 7 heteroatoms. The van der Waals surface area contributed by atoms with Crippen molar-refractivity contribution in [1.82, 2.24) is 15.2 Å². The Morgan fingerprint density at radius 3 is 2.24 bits per heavy atom. The maximum absolute atomic E-state index is 12.6. The lowest BCUT2D eigenvalue weighted by atomic mass is 10.1. The molecule has 3 rings (SSSR count). The number of nitrogens with one attached hydrogen (secondary N) is 1. The van der Waals surface area contributed by atoms with Crippen LogP contribution in [0.4, 0.5) is 0 Å². The number of aromatic nitrogens is 2. The van der Waals surface area contributed by atoms with Gasteiger partial charge in [-0.15, -0.1) is 0 Å². The van der Waals surface area contributed by atoms with Crippen molar-refractivity contribution in [1.29, 1.82) is 5.26 Å². The monoisotopic (exact) mass is 385 g/mol. The van der Waals surface area contributed by atoms with Crippen LogP contribution in [0.15, 0.2) is 58.4 Å². The van der Waals surface area contributed by atoms with E-state index in [1.165, 1.54) is 13.1 Å². The highest BCUT2D eigenvalue weighted by Gasteiger charge is 2.20. The van der Waals surface area contributed by atoms with Gasteiger partial charge in [0.15, 0.2) is 5.69 Å². The molecule has 144 valence electrons. The first-order valence-corrected chi connectivity index (χ1v) is 8.92. The number of carbonyl (C=O) groups excluding carboxylic acids is 1. The summed E-state index contributed by atoms with van der Waals surface area (Å²) in [5.74, 6) is -0.608. The number of nitrogens with zero attached hydrogens (tertiary/aromatic N) is 4.